The molecule has 1 amide bonds. The fourth-order valence-electron chi connectivity index (χ4n) is 1.74. The highest BCUT2D eigenvalue weighted by molar-refractivity contribution is 7.15. The molecule has 0 radical (unpaired) electrons. The van der Waals surface area contributed by atoms with Crippen LogP contribution < -0.4 is 10.6 Å². The van der Waals surface area contributed by atoms with Gasteiger partial charge >= 0.3 is 0 Å². The van der Waals surface area contributed by atoms with Crippen molar-refractivity contribution >= 4 is 22.4 Å². The number of nitrogens with zero attached hydrogens (tertiary/aromatic N) is 3. The highest BCUT2D eigenvalue weighted by Crippen LogP contribution is 2.22. The maximum Gasteiger partial charge on any atom is 0.247 e. The van der Waals surface area contributed by atoms with E-state index in [2.05, 4.69) is 20.7 Å². The third kappa shape index (κ3) is 2.99. The molecule has 1 unspecified atom stereocenters. The smallest absolute Gasteiger partial charge is 0.247 e. The van der Waals surface area contributed by atoms with Crippen molar-refractivity contribution in [3.8, 4) is 0 Å². The lowest BCUT2D eigenvalue weighted by Gasteiger charge is -2.12. The number of thiazole rings is 1. The van der Waals surface area contributed by atoms with Crippen LogP contribution in [0.5, 0.6) is 0 Å². The number of hydrogen-bond donors (Lipinski definition) is 2. The molecule has 0 aliphatic rings. The number of amides is 1. The zero-order valence-electron chi connectivity index (χ0n) is 11.4. The molecule has 0 bridgehead atoms. The molecule has 1 atom stereocenters. The minimum Gasteiger partial charge on any atom is -0.305 e. The molecule has 2 aromatic rings. The first-order valence-corrected chi connectivity index (χ1v) is 6.73. The quantitative estimate of drug-likeness (QED) is 0.887. The molecule has 2 heterocycles. The highest BCUT2D eigenvalue weighted by Gasteiger charge is 2.21. The summed E-state index contributed by atoms with van der Waals surface area (Å²) < 4.78 is 1.67. The van der Waals surface area contributed by atoms with Crippen LogP contribution in [0.1, 0.15) is 22.2 Å². The highest BCUT2D eigenvalue weighted by atomic mass is 32.1. The van der Waals surface area contributed by atoms with E-state index in [9.17, 15) is 4.79 Å². The number of hydrogen-bond acceptors (Lipinski definition) is 5. The second-order valence-corrected chi connectivity index (χ2v) is 5.52. The van der Waals surface area contributed by atoms with Gasteiger partial charge in [0.05, 0.1) is 11.9 Å². The van der Waals surface area contributed by atoms with Crippen molar-refractivity contribution in [2.45, 2.75) is 19.9 Å². The molecule has 0 saturated carbocycles. The first kappa shape index (κ1) is 13.7. The zero-order valence-corrected chi connectivity index (χ0v) is 12.2. The van der Waals surface area contributed by atoms with Crippen LogP contribution in [-0.2, 0) is 11.8 Å². The van der Waals surface area contributed by atoms with Crippen LogP contribution in [0.2, 0.25) is 0 Å². The molecular formula is C12H17N5OS. The number of carbonyl (C=O) groups is 1. The molecule has 102 valence electrons. The number of likely N-dealkylation sites (N-methyl/N-ethyl adjacent to an activating group) is 1. The van der Waals surface area contributed by atoms with Gasteiger partial charge in [-0.1, -0.05) is 0 Å². The predicted octanol–water partition coefficient (Wildman–Crippen LogP) is 1.39. The Morgan fingerprint density at radius 1 is 1.47 bits per heavy atom. The number of aromatic nitrogens is 3. The molecule has 0 saturated heterocycles. The van der Waals surface area contributed by atoms with Crippen molar-refractivity contribution in [1.82, 2.24) is 20.1 Å². The van der Waals surface area contributed by atoms with Gasteiger partial charge in [0.2, 0.25) is 5.91 Å². The maximum absolute atomic E-state index is 12.2. The largest absolute Gasteiger partial charge is 0.305 e. The Bertz CT molecular complexity index is 569. The lowest BCUT2D eigenvalue weighted by atomic mass is 10.1. The van der Waals surface area contributed by atoms with Crippen molar-refractivity contribution in [3.05, 3.63) is 28.5 Å². The van der Waals surface area contributed by atoms with E-state index in [1.807, 2.05) is 27.1 Å². The lowest BCUT2D eigenvalue weighted by Crippen LogP contribution is -2.30. The third-order valence-electron chi connectivity index (χ3n) is 2.87. The second-order valence-electron chi connectivity index (χ2n) is 4.32. The molecule has 7 heteroatoms. The minimum atomic E-state index is -0.432. The monoisotopic (exact) mass is 279 g/mol. The first-order valence-electron chi connectivity index (χ1n) is 5.92. The molecule has 0 fully saturated rings. The van der Waals surface area contributed by atoms with Gasteiger partial charge in [0.25, 0.3) is 0 Å². The lowest BCUT2D eigenvalue weighted by molar-refractivity contribution is -0.118. The molecule has 6 nitrogen and oxygen atoms in total. The average Bonchev–Trinajstić information content (AvgIpc) is 2.88. The Balaban J connectivity index is 2.13. The Labute approximate surface area is 115 Å². The molecule has 19 heavy (non-hydrogen) atoms. The van der Waals surface area contributed by atoms with E-state index in [1.165, 1.54) is 11.3 Å². The van der Waals surface area contributed by atoms with E-state index in [-0.39, 0.29) is 5.91 Å². The van der Waals surface area contributed by atoms with Gasteiger partial charge in [-0.15, -0.1) is 11.3 Å². The maximum atomic E-state index is 12.2. The summed E-state index contributed by atoms with van der Waals surface area (Å²) in [7, 11) is 3.57. The van der Waals surface area contributed by atoms with Crippen molar-refractivity contribution < 1.29 is 4.79 Å². The van der Waals surface area contributed by atoms with Crippen LogP contribution in [0.25, 0.3) is 0 Å². The minimum absolute atomic E-state index is 0.135. The molecule has 2 N–H and O–H groups in total. The van der Waals surface area contributed by atoms with Crippen LogP contribution in [0.3, 0.4) is 0 Å². The van der Waals surface area contributed by atoms with Crippen LogP contribution in [0.15, 0.2) is 12.4 Å². The van der Waals surface area contributed by atoms with Gasteiger partial charge in [0, 0.05) is 23.7 Å². The molecule has 0 aliphatic heterocycles. The number of rotatable bonds is 4. The fraction of sp³-hybridized carbons (Fsp3) is 0.417. The molecule has 0 aromatic carbocycles. The summed E-state index contributed by atoms with van der Waals surface area (Å²) in [5.74, 6) is -0.135. The normalized spacial score (nSPS) is 12.4. The summed E-state index contributed by atoms with van der Waals surface area (Å²) in [5, 5.41) is 10.5. The van der Waals surface area contributed by atoms with E-state index in [0.717, 1.165) is 16.1 Å². The predicted molar refractivity (Wildman–Crippen MR) is 75.2 cm³/mol. The van der Waals surface area contributed by atoms with Gasteiger partial charge in [0.1, 0.15) is 6.04 Å². The Morgan fingerprint density at radius 2 is 2.21 bits per heavy atom. The summed E-state index contributed by atoms with van der Waals surface area (Å²) in [6.07, 6.45) is 3.50. The average molecular weight is 279 g/mol. The topological polar surface area (TPSA) is 71.8 Å². The summed E-state index contributed by atoms with van der Waals surface area (Å²) >= 11 is 1.48. The number of nitrogens with one attached hydrogen (secondary N) is 2. The van der Waals surface area contributed by atoms with Crippen molar-refractivity contribution in [2.24, 2.45) is 7.05 Å². The van der Waals surface area contributed by atoms with Crippen molar-refractivity contribution in [3.63, 3.8) is 0 Å². The van der Waals surface area contributed by atoms with Gasteiger partial charge < -0.3 is 10.6 Å². The molecule has 2 rings (SSSR count). The Hall–Kier alpha value is -1.73. The third-order valence-corrected chi connectivity index (χ3v) is 3.86. The van der Waals surface area contributed by atoms with Gasteiger partial charge in [-0.05, 0) is 20.9 Å². The Morgan fingerprint density at radius 3 is 2.68 bits per heavy atom. The summed E-state index contributed by atoms with van der Waals surface area (Å²) in [4.78, 5) is 17.6. The van der Waals surface area contributed by atoms with E-state index in [4.69, 9.17) is 0 Å². The van der Waals surface area contributed by atoms with Gasteiger partial charge in [0.15, 0.2) is 5.13 Å². The van der Waals surface area contributed by atoms with Crippen LogP contribution in [-0.4, -0.2) is 27.7 Å². The van der Waals surface area contributed by atoms with E-state index in [0.29, 0.717) is 5.13 Å². The first-order chi connectivity index (χ1) is 9.01. The van der Waals surface area contributed by atoms with Crippen LogP contribution in [0.4, 0.5) is 5.13 Å². The molecular weight excluding hydrogens is 262 g/mol. The van der Waals surface area contributed by atoms with E-state index >= 15 is 0 Å². The summed E-state index contributed by atoms with van der Waals surface area (Å²) in [6, 6.07) is -0.432. The van der Waals surface area contributed by atoms with E-state index < -0.39 is 6.04 Å². The molecule has 2 aromatic heterocycles. The SMILES string of the molecule is CNC(C(=O)Nc1nc(C)c(C)s1)c1cnn(C)c1. The zero-order chi connectivity index (χ0) is 14.0. The molecule has 0 spiro atoms. The van der Waals surface area contributed by atoms with Gasteiger partial charge in [-0.3, -0.25) is 9.48 Å². The molecule has 0 aliphatic carbocycles. The van der Waals surface area contributed by atoms with Crippen LogP contribution in [0, 0.1) is 13.8 Å². The van der Waals surface area contributed by atoms with Crippen molar-refractivity contribution in [1.29, 1.82) is 0 Å². The van der Waals surface area contributed by atoms with Crippen LogP contribution >= 0.6 is 11.3 Å². The van der Waals surface area contributed by atoms with Crippen molar-refractivity contribution in [2.75, 3.05) is 12.4 Å². The fourth-order valence-corrected chi connectivity index (χ4v) is 2.56. The standard InChI is InChI=1S/C12H17N5OS/c1-7-8(2)19-12(15-7)16-11(18)10(13-3)9-5-14-17(4)6-9/h5-6,10,13H,1-4H3,(H,15,16,18). The number of carbonyl (C=O) groups excluding carboxylic acids is 1. The van der Waals surface area contributed by atoms with Gasteiger partial charge in [-0.25, -0.2) is 4.98 Å². The Kier molecular flexibility index (Phi) is 3.96. The number of anilines is 1. The van der Waals surface area contributed by atoms with Gasteiger partial charge in [-0.2, -0.15) is 5.10 Å². The number of aryl methyl sites for hydroxylation is 3. The summed E-state index contributed by atoms with van der Waals surface area (Å²) in [6.45, 7) is 3.91. The van der Waals surface area contributed by atoms with E-state index in [1.54, 1.807) is 17.9 Å². The summed E-state index contributed by atoms with van der Waals surface area (Å²) in [5.41, 5.74) is 1.77. The second kappa shape index (κ2) is 5.50.